The Labute approximate surface area is 59.1 Å². The molecule has 0 saturated heterocycles. The van der Waals surface area contributed by atoms with Crippen molar-refractivity contribution in [3.8, 4) is 0 Å². The van der Waals surface area contributed by atoms with Gasteiger partial charge in [0.05, 0.1) is 0 Å². The lowest BCUT2D eigenvalue weighted by Gasteiger charge is -2.01. The van der Waals surface area contributed by atoms with Crippen molar-refractivity contribution in [2.45, 2.75) is 26.1 Å². The average molecular weight is 122 g/mol. The van der Waals surface area contributed by atoms with Crippen molar-refractivity contribution in [1.29, 1.82) is 0 Å². The molecule has 1 heteroatoms. The highest BCUT2D eigenvalue weighted by atomic mass is 13.9. The van der Waals surface area contributed by atoms with Crippen LogP contribution in [0.25, 0.3) is 0 Å². The number of hydrogen-bond acceptors (Lipinski definition) is 0. The van der Waals surface area contributed by atoms with Crippen LogP contribution in [0.15, 0.2) is 24.3 Å². The van der Waals surface area contributed by atoms with E-state index >= 15 is 0 Å². The summed E-state index contributed by atoms with van der Waals surface area (Å²) in [6, 6.07) is 0. The van der Waals surface area contributed by atoms with Gasteiger partial charge in [-0.3, -0.25) is 0 Å². The van der Waals surface area contributed by atoms with Crippen molar-refractivity contribution in [2.24, 2.45) is 0 Å². The molecule has 50 valence electrons. The number of allylic oxidation sites excluding steroid dienone is 3. The van der Waals surface area contributed by atoms with Gasteiger partial charge in [0.15, 0.2) is 0 Å². The lowest BCUT2D eigenvalue weighted by atomic mass is 9.84. The summed E-state index contributed by atoms with van der Waals surface area (Å²) in [5.41, 5.74) is 1.42. The van der Waals surface area contributed by atoms with Crippen LogP contribution in [0.3, 0.4) is 0 Å². The molecule has 0 bridgehead atoms. The fourth-order valence-corrected chi connectivity index (χ4v) is 0.913. The maximum absolute atomic E-state index is 3.63. The first-order valence-electron chi connectivity index (χ1n) is 3.45. The molecule has 0 fully saturated rings. The minimum absolute atomic E-state index is 0.765. The fraction of sp³-hybridized carbons (Fsp3) is 0.500. The molecule has 0 rings (SSSR count). The monoisotopic (exact) mass is 122 g/mol. The largest absolute Gasteiger partial charge is 0.105 e. The molecule has 0 saturated carbocycles. The molecule has 9 heavy (non-hydrogen) atoms. The highest BCUT2D eigenvalue weighted by molar-refractivity contribution is 6.11. The Morgan fingerprint density at radius 2 is 2.33 bits per heavy atom. The molecule has 0 nitrogen and oxygen atoms in total. The molecule has 0 aliphatic carbocycles. The van der Waals surface area contributed by atoms with Crippen LogP contribution in [0.5, 0.6) is 0 Å². The zero-order valence-electron chi connectivity index (χ0n) is 6.65. The molecule has 0 N–H and O–H groups in total. The van der Waals surface area contributed by atoms with Gasteiger partial charge in [-0.2, -0.15) is 0 Å². The summed E-state index contributed by atoms with van der Waals surface area (Å²) < 4.78 is 0. The third-order valence-electron chi connectivity index (χ3n) is 1.13. The van der Waals surface area contributed by atoms with E-state index in [2.05, 4.69) is 34.3 Å². The molecule has 0 aliphatic rings. The molecular formula is C8H15B. The Morgan fingerprint density at radius 1 is 1.78 bits per heavy atom. The van der Waals surface area contributed by atoms with E-state index in [1.54, 1.807) is 0 Å². The minimum atomic E-state index is 0.765. The predicted octanol–water partition coefficient (Wildman–Crippen LogP) is 1.95. The molecule has 0 aromatic heterocycles. The van der Waals surface area contributed by atoms with E-state index in [0.29, 0.717) is 0 Å². The van der Waals surface area contributed by atoms with Crippen molar-refractivity contribution >= 4 is 7.85 Å². The van der Waals surface area contributed by atoms with Gasteiger partial charge in [0, 0.05) is 0 Å². The van der Waals surface area contributed by atoms with Gasteiger partial charge in [-0.1, -0.05) is 37.0 Å². The van der Waals surface area contributed by atoms with E-state index in [-0.39, 0.29) is 0 Å². The third-order valence-corrected chi connectivity index (χ3v) is 1.13. The van der Waals surface area contributed by atoms with E-state index in [1.165, 1.54) is 12.0 Å². The summed E-state index contributed by atoms with van der Waals surface area (Å²) in [6.07, 6.45) is 5.10. The second-order valence-electron chi connectivity index (χ2n) is 2.85. The van der Waals surface area contributed by atoms with Crippen LogP contribution in [-0.2, 0) is 0 Å². The van der Waals surface area contributed by atoms with Crippen LogP contribution in [0, 0.1) is 0 Å². The average Bonchev–Trinajstić information content (AvgIpc) is 1.63. The maximum Gasteiger partial charge on any atom is 0.105 e. The zero-order valence-corrected chi connectivity index (χ0v) is 6.65. The van der Waals surface area contributed by atoms with E-state index in [9.17, 15) is 0 Å². The lowest BCUT2D eigenvalue weighted by Crippen LogP contribution is -1.85. The summed E-state index contributed by atoms with van der Waals surface area (Å²) in [6.45, 7) is 7.99. The second-order valence-corrected chi connectivity index (χ2v) is 2.85. The number of rotatable bonds is 3. The summed E-state index contributed by atoms with van der Waals surface area (Å²) in [5.74, 6) is 0.765. The van der Waals surface area contributed by atoms with Crippen LogP contribution >= 0.6 is 0 Å². The molecule has 0 aromatic carbocycles. The Bertz CT molecular complexity index is 112. The van der Waals surface area contributed by atoms with Gasteiger partial charge in [0.2, 0.25) is 0 Å². The van der Waals surface area contributed by atoms with Gasteiger partial charge in [0.1, 0.15) is 7.85 Å². The van der Waals surface area contributed by atoms with Crippen molar-refractivity contribution < 1.29 is 0 Å². The van der Waals surface area contributed by atoms with Gasteiger partial charge >= 0.3 is 0 Å². The first-order chi connectivity index (χ1) is 4.16. The zero-order chi connectivity index (χ0) is 7.28. The minimum Gasteiger partial charge on any atom is -0.0991 e. The van der Waals surface area contributed by atoms with Gasteiger partial charge in [-0.15, -0.1) is 0 Å². The van der Waals surface area contributed by atoms with Crippen LogP contribution < -0.4 is 0 Å². The molecule has 0 radical (unpaired) electrons. The second kappa shape index (κ2) is 4.43. The lowest BCUT2D eigenvalue weighted by molar-refractivity contribution is 0.900. The summed E-state index contributed by atoms with van der Waals surface area (Å²) in [5, 5.41) is 0. The van der Waals surface area contributed by atoms with Gasteiger partial charge in [-0.05, 0) is 13.3 Å². The topological polar surface area (TPSA) is 0 Å². The molecule has 0 heterocycles. The van der Waals surface area contributed by atoms with Crippen molar-refractivity contribution in [2.75, 3.05) is 0 Å². The normalized spacial score (nSPS) is 15.1. The highest BCUT2D eigenvalue weighted by Gasteiger charge is 1.92. The summed E-state index contributed by atoms with van der Waals surface area (Å²) in [4.78, 5) is 0. The Hall–Kier alpha value is -0.455. The molecule has 0 spiro atoms. The Balaban J connectivity index is 3.61. The van der Waals surface area contributed by atoms with Crippen LogP contribution in [-0.4, -0.2) is 7.85 Å². The first kappa shape index (κ1) is 8.54. The molecule has 0 aromatic rings. The molecular weight excluding hydrogens is 107 g/mol. The maximum atomic E-state index is 3.63. The fourth-order valence-electron chi connectivity index (χ4n) is 0.913. The SMILES string of the molecule is B[C@@H](C)C/C(C)=C\C=C. The third kappa shape index (κ3) is 5.42. The van der Waals surface area contributed by atoms with Crippen LogP contribution in [0.1, 0.15) is 20.3 Å². The highest BCUT2D eigenvalue weighted by Crippen LogP contribution is 2.11. The van der Waals surface area contributed by atoms with E-state index in [1.807, 2.05) is 6.08 Å². The van der Waals surface area contributed by atoms with Crippen molar-refractivity contribution in [3.05, 3.63) is 24.3 Å². The molecule has 0 unspecified atom stereocenters. The van der Waals surface area contributed by atoms with Crippen molar-refractivity contribution in [3.63, 3.8) is 0 Å². The molecule has 0 amide bonds. The quantitative estimate of drug-likeness (QED) is 0.396. The van der Waals surface area contributed by atoms with Gasteiger partial charge < -0.3 is 0 Å². The van der Waals surface area contributed by atoms with Gasteiger partial charge in [-0.25, -0.2) is 0 Å². The van der Waals surface area contributed by atoms with Crippen LogP contribution in [0.2, 0.25) is 5.82 Å². The Morgan fingerprint density at radius 3 is 2.67 bits per heavy atom. The van der Waals surface area contributed by atoms with E-state index < -0.39 is 0 Å². The Kier molecular flexibility index (Phi) is 4.20. The van der Waals surface area contributed by atoms with Crippen LogP contribution in [0.4, 0.5) is 0 Å². The van der Waals surface area contributed by atoms with Crippen molar-refractivity contribution in [1.82, 2.24) is 0 Å². The summed E-state index contributed by atoms with van der Waals surface area (Å²) in [7, 11) is 2.22. The van der Waals surface area contributed by atoms with E-state index in [0.717, 1.165) is 5.82 Å². The number of hydrogen-bond donors (Lipinski definition) is 0. The summed E-state index contributed by atoms with van der Waals surface area (Å²) >= 11 is 0. The first-order valence-corrected chi connectivity index (χ1v) is 3.45. The standard InChI is InChI=1S/C8H15B/c1-4-5-7(2)6-8(3)9/h4-5,8H,1,6,9H2,2-3H3/b7-5-/t8-/m0/s1. The smallest absolute Gasteiger partial charge is 0.0991 e. The predicted molar refractivity (Wildman–Crippen MR) is 46.5 cm³/mol. The molecule has 1 atom stereocenters. The van der Waals surface area contributed by atoms with E-state index in [4.69, 9.17) is 0 Å². The van der Waals surface area contributed by atoms with Gasteiger partial charge in [0.25, 0.3) is 0 Å². The molecule has 0 aliphatic heterocycles.